The third kappa shape index (κ3) is 4.47. The number of carbonyl (C=O) groups excluding carboxylic acids is 1. The molecule has 5 nitrogen and oxygen atoms in total. The zero-order chi connectivity index (χ0) is 22.0. The quantitative estimate of drug-likeness (QED) is 0.653. The molecular weight excluding hydrogens is 409 g/mol. The highest BCUT2D eigenvalue weighted by atomic mass is 19.4. The second-order valence-corrected chi connectivity index (χ2v) is 7.25. The van der Waals surface area contributed by atoms with Gasteiger partial charge in [0.2, 0.25) is 0 Å². The highest BCUT2D eigenvalue weighted by molar-refractivity contribution is 5.94. The zero-order valence-electron chi connectivity index (χ0n) is 16.3. The molecule has 0 saturated heterocycles. The highest BCUT2D eigenvalue weighted by Crippen LogP contribution is 2.31. The number of H-pyrrole nitrogens is 1. The largest absolute Gasteiger partial charge is 0.493 e. The second-order valence-electron chi connectivity index (χ2n) is 7.25. The fraction of sp³-hybridized carbons (Fsp3) is 0.217. The van der Waals surface area contributed by atoms with Crippen LogP contribution in [0.5, 0.6) is 5.75 Å². The normalized spacial score (nSPS) is 14.3. The number of aryl methyl sites for hydroxylation is 1. The van der Waals surface area contributed by atoms with E-state index in [-0.39, 0.29) is 0 Å². The number of hydrogen-bond acceptors (Lipinski definition) is 3. The smallest absolute Gasteiger partial charge is 0.431 e. The number of halogens is 3. The summed E-state index contributed by atoms with van der Waals surface area (Å²) in [4.78, 5) is 26.7. The molecule has 1 amide bonds. The monoisotopic (exact) mass is 428 g/mol. The maximum absolute atomic E-state index is 12.8. The summed E-state index contributed by atoms with van der Waals surface area (Å²) in [6.45, 7) is 0.655. The van der Waals surface area contributed by atoms with E-state index >= 15 is 0 Å². The summed E-state index contributed by atoms with van der Waals surface area (Å²) in [7, 11) is 0. The molecule has 31 heavy (non-hydrogen) atoms. The number of carbonyl (C=O) groups is 1. The number of alkyl halides is 3. The molecule has 1 aliphatic heterocycles. The molecular formula is C23H19F3N2O3. The van der Waals surface area contributed by atoms with Gasteiger partial charge in [0.05, 0.1) is 12.6 Å². The first-order chi connectivity index (χ1) is 14.8. The molecule has 2 aromatic carbocycles. The van der Waals surface area contributed by atoms with E-state index < -0.39 is 34.9 Å². The van der Waals surface area contributed by atoms with Gasteiger partial charge in [0.1, 0.15) is 17.0 Å². The molecule has 2 N–H and O–H groups in total. The van der Waals surface area contributed by atoms with Crippen molar-refractivity contribution < 1.29 is 22.7 Å². The lowest BCUT2D eigenvalue weighted by molar-refractivity contribution is -0.141. The van der Waals surface area contributed by atoms with Crippen molar-refractivity contribution in [2.45, 2.75) is 25.1 Å². The molecule has 0 saturated carbocycles. The fourth-order valence-corrected chi connectivity index (χ4v) is 3.59. The van der Waals surface area contributed by atoms with Gasteiger partial charge >= 0.3 is 6.18 Å². The van der Waals surface area contributed by atoms with E-state index in [1.54, 1.807) is 4.98 Å². The average molecular weight is 428 g/mol. The van der Waals surface area contributed by atoms with E-state index in [1.165, 1.54) is 0 Å². The van der Waals surface area contributed by atoms with E-state index in [4.69, 9.17) is 4.74 Å². The van der Waals surface area contributed by atoms with Gasteiger partial charge in [-0.05, 0) is 53.8 Å². The molecule has 3 aromatic rings. The Hall–Kier alpha value is -3.55. The topological polar surface area (TPSA) is 71.2 Å². The molecule has 1 aromatic heterocycles. The Morgan fingerprint density at radius 3 is 2.52 bits per heavy atom. The van der Waals surface area contributed by atoms with Crippen LogP contribution in [0.25, 0.3) is 0 Å². The molecule has 1 atom stereocenters. The minimum Gasteiger partial charge on any atom is -0.493 e. The highest BCUT2D eigenvalue weighted by Gasteiger charge is 2.32. The van der Waals surface area contributed by atoms with Crippen LogP contribution in [0, 0.1) is 0 Å². The van der Waals surface area contributed by atoms with Crippen LogP contribution >= 0.6 is 0 Å². The van der Waals surface area contributed by atoms with Crippen molar-refractivity contribution >= 4 is 5.91 Å². The SMILES string of the molecule is O=C(NC(c1ccccc1)c1ccc2c(c1)CCCO2)c1ccc(C(F)(F)F)[nH]c1=O. The molecule has 0 radical (unpaired) electrons. The summed E-state index contributed by atoms with van der Waals surface area (Å²) < 4.78 is 44.1. The molecule has 1 unspecified atom stereocenters. The number of rotatable bonds is 4. The molecule has 0 spiro atoms. The third-order valence-electron chi connectivity index (χ3n) is 5.13. The Bertz CT molecular complexity index is 1160. The van der Waals surface area contributed by atoms with Gasteiger partial charge in [-0.3, -0.25) is 9.59 Å². The number of fused-ring (bicyclic) bond motifs is 1. The van der Waals surface area contributed by atoms with E-state index in [9.17, 15) is 22.8 Å². The summed E-state index contributed by atoms with van der Waals surface area (Å²) in [6, 6.07) is 15.7. The number of benzene rings is 2. The summed E-state index contributed by atoms with van der Waals surface area (Å²) in [5.74, 6) is 0.0325. The van der Waals surface area contributed by atoms with Gasteiger partial charge in [-0.1, -0.05) is 36.4 Å². The van der Waals surface area contributed by atoms with Crippen molar-refractivity contribution in [3.05, 3.63) is 99.0 Å². The van der Waals surface area contributed by atoms with Crippen molar-refractivity contribution in [2.75, 3.05) is 6.61 Å². The number of hydrogen-bond donors (Lipinski definition) is 2. The molecule has 0 bridgehead atoms. The van der Waals surface area contributed by atoms with Gasteiger partial charge in [-0.25, -0.2) is 0 Å². The van der Waals surface area contributed by atoms with Gasteiger partial charge in [-0.15, -0.1) is 0 Å². The van der Waals surface area contributed by atoms with E-state index in [1.807, 2.05) is 48.5 Å². The van der Waals surface area contributed by atoms with Gasteiger partial charge in [-0.2, -0.15) is 13.2 Å². The first-order valence-corrected chi connectivity index (χ1v) is 9.75. The fourth-order valence-electron chi connectivity index (χ4n) is 3.59. The lowest BCUT2D eigenvalue weighted by Crippen LogP contribution is -2.34. The summed E-state index contributed by atoms with van der Waals surface area (Å²) in [5, 5.41) is 2.79. The van der Waals surface area contributed by atoms with E-state index in [0.29, 0.717) is 12.7 Å². The van der Waals surface area contributed by atoms with Crippen LogP contribution in [0.2, 0.25) is 0 Å². The average Bonchev–Trinajstić information content (AvgIpc) is 2.77. The predicted molar refractivity (Wildman–Crippen MR) is 108 cm³/mol. The van der Waals surface area contributed by atoms with Crippen LogP contribution in [0.15, 0.2) is 65.5 Å². The summed E-state index contributed by atoms with van der Waals surface area (Å²) >= 11 is 0. The first-order valence-electron chi connectivity index (χ1n) is 9.75. The summed E-state index contributed by atoms with van der Waals surface area (Å²) in [6.07, 6.45) is -2.97. The minimum atomic E-state index is -4.70. The predicted octanol–water partition coefficient (Wildman–Crippen LogP) is 4.24. The van der Waals surface area contributed by atoms with Crippen LogP contribution in [-0.2, 0) is 12.6 Å². The van der Waals surface area contributed by atoms with Crippen LogP contribution in [-0.4, -0.2) is 17.5 Å². The van der Waals surface area contributed by atoms with Crippen molar-refractivity contribution in [3.63, 3.8) is 0 Å². The van der Waals surface area contributed by atoms with E-state index in [0.717, 1.165) is 41.3 Å². The van der Waals surface area contributed by atoms with Gasteiger partial charge in [0, 0.05) is 0 Å². The standard InChI is InChI=1S/C23H19F3N2O3/c24-23(25,26)19-11-9-17(21(29)27-19)22(30)28-20(14-5-2-1-3-6-14)16-8-10-18-15(13-16)7-4-12-31-18/h1-3,5-6,8-11,13,20H,4,7,12H2,(H,27,29)(H,28,30). The van der Waals surface area contributed by atoms with Crippen molar-refractivity contribution in [3.8, 4) is 5.75 Å². The molecule has 160 valence electrons. The first kappa shape index (κ1) is 20.7. The van der Waals surface area contributed by atoms with Gasteiger partial charge in [0.15, 0.2) is 0 Å². The lowest BCUT2D eigenvalue weighted by Gasteiger charge is -2.23. The molecule has 2 heterocycles. The number of pyridine rings is 1. The number of nitrogens with one attached hydrogen (secondary N) is 2. The maximum atomic E-state index is 12.8. The van der Waals surface area contributed by atoms with Crippen molar-refractivity contribution in [1.82, 2.24) is 10.3 Å². The Balaban J connectivity index is 1.68. The Kier molecular flexibility index (Phi) is 5.54. The molecule has 1 aliphatic rings. The number of aromatic amines is 1. The Labute approximate surface area is 175 Å². The molecule has 4 rings (SSSR count). The molecule has 8 heteroatoms. The zero-order valence-corrected chi connectivity index (χ0v) is 16.3. The van der Waals surface area contributed by atoms with Crippen LogP contribution in [0.4, 0.5) is 13.2 Å². The third-order valence-corrected chi connectivity index (χ3v) is 5.13. The van der Waals surface area contributed by atoms with Crippen LogP contribution < -0.4 is 15.6 Å². The Morgan fingerprint density at radius 2 is 1.81 bits per heavy atom. The lowest BCUT2D eigenvalue weighted by atomic mass is 9.94. The van der Waals surface area contributed by atoms with E-state index in [2.05, 4.69) is 5.32 Å². The van der Waals surface area contributed by atoms with Crippen LogP contribution in [0.1, 0.15) is 45.2 Å². The van der Waals surface area contributed by atoms with Crippen molar-refractivity contribution in [1.29, 1.82) is 0 Å². The number of amides is 1. The maximum Gasteiger partial charge on any atom is 0.431 e. The number of aromatic nitrogens is 1. The molecule has 0 fully saturated rings. The Morgan fingerprint density at radius 1 is 1.03 bits per heavy atom. The molecule has 0 aliphatic carbocycles. The van der Waals surface area contributed by atoms with Crippen molar-refractivity contribution in [2.24, 2.45) is 0 Å². The minimum absolute atomic E-state index is 0.393. The number of ether oxygens (including phenoxy) is 1. The van der Waals surface area contributed by atoms with Crippen LogP contribution in [0.3, 0.4) is 0 Å². The second kappa shape index (κ2) is 8.29. The summed E-state index contributed by atoms with van der Waals surface area (Å²) in [5.41, 5.74) is -0.120. The van der Waals surface area contributed by atoms with Gasteiger partial charge < -0.3 is 15.0 Å². The van der Waals surface area contributed by atoms with Gasteiger partial charge in [0.25, 0.3) is 11.5 Å².